The number of ether oxygens (including phenoxy) is 3. The van der Waals surface area contributed by atoms with E-state index in [0.717, 1.165) is 42.8 Å². The van der Waals surface area contributed by atoms with E-state index < -0.39 is 11.7 Å². The number of piperidine rings is 2. The van der Waals surface area contributed by atoms with Gasteiger partial charge in [0.05, 0.1) is 44.4 Å². The second kappa shape index (κ2) is 26.0. The number of methoxy groups -OCH3 is 1. The van der Waals surface area contributed by atoms with E-state index in [1.807, 2.05) is 41.0 Å². The number of aromatic nitrogens is 2. The Morgan fingerprint density at radius 3 is 1.88 bits per heavy atom. The van der Waals surface area contributed by atoms with E-state index in [1.54, 1.807) is 29.2 Å². The van der Waals surface area contributed by atoms with Crippen LogP contribution in [0, 0.1) is 35.0 Å². The van der Waals surface area contributed by atoms with Crippen LogP contribution >= 0.6 is 46.4 Å². The Kier molecular flexibility index (Phi) is 19.9. The number of likely N-dealkylation sites (tertiary alicyclic amines) is 4. The third-order valence-electron chi connectivity index (χ3n) is 14.5. The van der Waals surface area contributed by atoms with E-state index in [9.17, 15) is 32.3 Å². The molecule has 6 heterocycles. The fourth-order valence-corrected chi connectivity index (χ4v) is 11.0. The second-order valence-electron chi connectivity index (χ2n) is 19.1. The molecule has 0 saturated carbocycles. The average molecular weight is 1100 g/mol. The molecule has 21 heteroatoms. The lowest BCUT2D eigenvalue weighted by molar-refractivity contribution is -0.142. The zero-order valence-corrected chi connectivity index (χ0v) is 44.0. The molecule has 3 amide bonds. The van der Waals surface area contributed by atoms with Crippen LogP contribution in [0.4, 0.5) is 13.2 Å². The second-order valence-corrected chi connectivity index (χ2v) is 20.8. The van der Waals surface area contributed by atoms with Gasteiger partial charge in [-0.3, -0.25) is 19.3 Å². The Morgan fingerprint density at radius 2 is 1.34 bits per heavy atom. The lowest BCUT2D eigenvalue weighted by Crippen LogP contribution is -2.45. The summed E-state index contributed by atoms with van der Waals surface area (Å²) < 4.78 is 55.1. The van der Waals surface area contributed by atoms with E-state index in [2.05, 4.69) is 20.9 Å². The number of aldehydes is 1. The SMILES string of the molecule is COCC(=O)N1CCC(C(=O)N2CC(c3ccc(Cl)c(Cl)c3)C(C(C)Oc3ccc(C#N)cn3)C2)CC1.O=CCN1CCC(C(=O)N2CC(CCOc3ccc(C(F)(F)F)cn3)C(c3ccc(Cl)c(Cl)c3)C2)CC1. The number of halogens is 7. The summed E-state index contributed by atoms with van der Waals surface area (Å²) in [4.78, 5) is 65.5. The molecule has 0 N–H and O–H groups in total. The van der Waals surface area contributed by atoms with Crippen molar-refractivity contribution in [3.63, 3.8) is 0 Å². The summed E-state index contributed by atoms with van der Waals surface area (Å²) in [7, 11) is 1.50. The molecule has 0 radical (unpaired) electrons. The molecule has 0 spiro atoms. The molecule has 0 aliphatic carbocycles. The maximum Gasteiger partial charge on any atom is 0.417 e. The highest BCUT2D eigenvalue weighted by Crippen LogP contribution is 2.41. The summed E-state index contributed by atoms with van der Waals surface area (Å²) in [6, 6.07) is 18.6. The first kappa shape index (κ1) is 56.5. The quantitative estimate of drug-likeness (QED) is 0.104. The molecule has 5 unspecified atom stereocenters. The van der Waals surface area contributed by atoms with Crippen LogP contribution in [0.3, 0.4) is 0 Å². The summed E-state index contributed by atoms with van der Waals surface area (Å²) in [6.07, 6.45) is 1.68. The third kappa shape index (κ3) is 14.6. The van der Waals surface area contributed by atoms with Gasteiger partial charge in [0.1, 0.15) is 25.1 Å². The molecule has 0 bridgehead atoms. The number of nitriles is 1. The monoisotopic (exact) mass is 1100 g/mol. The maximum absolute atomic E-state index is 13.6. The molecule has 14 nitrogen and oxygen atoms in total. The van der Waals surface area contributed by atoms with E-state index in [4.69, 9.17) is 65.9 Å². The lowest BCUT2D eigenvalue weighted by atomic mass is 9.86. The zero-order valence-electron chi connectivity index (χ0n) is 41.0. The van der Waals surface area contributed by atoms with Gasteiger partial charge < -0.3 is 33.7 Å². The van der Waals surface area contributed by atoms with E-state index in [-0.39, 0.29) is 78.4 Å². The number of rotatable bonds is 15. The van der Waals surface area contributed by atoms with Gasteiger partial charge in [0.15, 0.2) is 0 Å². The van der Waals surface area contributed by atoms with Crippen molar-refractivity contribution in [2.45, 2.75) is 63.1 Å². The largest absolute Gasteiger partial charge is 0.478 e. The summed E-state index contributed by atoms with van der Waals surface area (Å²) in [5.74, 6) is 0.570. The van der Waals surface area contributed by atoms with Gasteiger partial charge in [-0.2, -0.15) is 18.4 Å². The Bertz CT molecular complexity index is 2610. The van der Waals surface area contributed by atoms with Crippen LogP contribution in [0.25, 0.3) is 0 Å². The predicted molar refractivity (Wildman–Crippen MR) is 273 cm³/mol. The number of nitrogens with zero attached hydrogens (tertiary/aromatic N) is 7. The van der Waals surface area contributed by atoms with E-state index in [0.29, 0.717) is 109 Å². The van der Waals surface area contributed by atoms with Crippen molar-refractivity contribution in [1.82, 2.24) is 29.6 Å². The predicted octanol–water partition coefficient (Wildman–Crippen LogP) is 9.48. The Hall–Kier alpha value is -5.22. The number of amides is 3. The molecule has 5 atom stereocenters. The van der Waals surface area contributed by atoms with Crippen LogP contribution in [0.15, 0.2) is 73.1 Å². The minimum Gasteiger partial charge on any atom is -0.478 e. The van der Waals surface area contributed by atoms with Gasteiger partial charge in [0.2, 0.25) is 29.5 Å². The van der Waals surface area contributed by atoms with Crippen molar-refractivity contribution >= 4 is 70.4 Å². The third-order valence-corrected chi connectivity index (χ3v) is 16.0. The molecule has 8 rings (SSSR count). The van der Waals surface area contributed by atoms with Gasteiger partial charge in [-0.15, -0.1) is 0 Å². The van der Waals surface area contributed by atoms with Crippen molar-refractivity contribution < 1.29 is 46.6 Å². The Balaban J connectivity index is 0.000000216. The summed E-state index contributed by atoms with van der Waals surface area (Å²) in [6.45, 7) is 7.36. The molecule has 396 valence electrons. The topological polar surface area (TPSA) is 158 Å². The van der Waals surface area contributed by atoms with E-state index >= 15 is 0 Å². The number of hydrogen-bond acceptors (Lipinski definition) is 11. The van der Waals surface area contributed by atoms with Crippen LogP contribution in [0.2, 0.25) is 20.1 Å². The fourth-order valence-electron chi connectivity index (χ4n) is 10.4. The number of benzene rings is 2. The highest BCUT2D eigenvalue weighted by atomic mass is 35.5. The van der Waals surface area contributed by atoms with Crippen LogP contribution in [-0.4, -0.2) is 139 Å². The summed E-state index contributed by atoms with van der Waals surface area (Å²) >= 11 is 24.9. The highest BCUT2D eigenvalue weighted by Gasteiger charge is 2.43. The first-order valence-electron chi connectivity index (χ1n) is 24.5. The Labute approximate surface area is 448 Å². The molecule has 4 saturated heterocycles. The first-order valence-corrected chi connectivity index (χ1v) is 26.1. The van der Waals surface area contributed by atoms with Gasteiger partial charge in [0, 0.05) is 100 Å². The maximum atomic E-state index is 13.6. The molecular formula is C53H58Cl4F3N7O7. The number of alkyl halides is 3. The average Bonchev–Trinajstić information content (AvgIpc) is 4.04. The summed E-state index contributed by atoms with van der Waals surface area (Å²) in [5.41, 5.74) is 1.60. The minimum absolute atomic E-state index is 0.00420. The lowest BCUT2D eigenvalue weighted by Gasteiger charge is -2.33. The van der Waals surface area contributed by atoms with Crippen molar-refractivity contribution in [3.05, 3.63) is 115 Å². The van der Waals surface area contributed by atoms with Crippen molar-refractivity contribution in [1.29, 1.82) is 5.26 Å². The van der Waals surface area contributed by atoms with Gasteiger partial charge in [-0.05, 0) is 106 Å². The molecule has 2 aromatic carbocycles. The molecule has 4 aliphatic heterocycles. The van der Waals surface area contributed by atoms with Crippen molar-refractivity contribution in [2.24, 2.45) is 23.7 Å². The van der Waals surface area contributed by atoms with Gasteiger partial charge in [-0.1, -0.05) is 58.5 Å². The highest BCUT2D eigenvalue weighted by molar-refractivity contribution is 6.42. The van der Waals surface area contributed by atoms with Crippen LogP contribution in [0.5, 0.6) is 11.8 Å². The standard InChI is InChI=1S/C27H30Cl2N4O4.C26H28Cl2F3N3O3/c1-17(37-25-6-3-18(12-30)13-31-25)21-14-33(15-22(21)20-4-5-23(28)24(29)11-20)27(35)19-7-9-32(10-8-19)26(34)16-36-2;27-22-3-1-18(13-23(22)28)21-16-34(25(36)17-5-8-33(9-6-17)10-11-35)15-19(21)7-12-37-24-4-2-20(14-32-24)26(29,30)31/h3-6,11,13,17,19,21-22H,7-10,14-16H2,1-2H3;1-4,11,13-14,17,19,21H,5-10,12,15-16H2. The van der Waals surface area contributed by atoms with Crippen LogP contribution < -0.4 is 9.47 Å². The Morgan fingerprint density at radius 1 is 0.757 bits per heavy atom. The van der Waals surface area contributed by atoms with Crippen molar-refractivity contribution in [2.75, 3.05) is 79.2 Å². The van der Waals surface area contributed by atoms with Crippen LogP contribution in [0.1, 0.15) is 73.1 Å². The van der Waals surface area contributed by atoms with E-state index in [1.165, 1.54) is 19.4 Å². The van der Waals surface area contributed by atoms with Gasteiger partial charge >= 0.3 is 6.18 Å². The molecule has 74 heavy (non-hydrogen) atoms. The molecule has 4 aromatic rings. The zero-order chi connectivity index (χ0) is 53.1. The number of carbonyl (C=O) groups excluding carboxylic acids is 4. The van der Waals surface area contributed by atoms with Crippen LogP contribution in [-0.2, 0) is 30.1 Å². The fraction of sp³-hybridized carbons (Fsp3) is 0.491. The molecule has 4 aliphatic rings. The van der Waals surface area contributed by atoms with Gasteiger partial charge in [0.25, 0.3) is 0 Å². The molecular weight excluding hydrogens is 1050 g/mol. The molecule has 2 aromatic heterocycles. The first-order chi connectivity index (χ1) is 35.5. The number of carbonyl (C=O) groups is 4. The summed E-state index contributed by atoms with van der Waals surface area (Å²) in [5, 5.41) is 10.9. The smallest absolute Gasteiger partial charge is 0.417 e. The van der Waals surface area contributed by atoms with Crippen molar-refractivity contribution in [3.8, 4) is 17.8 Å². The van der Waals surface area contributed by atoms with Gasteiger partial charge in [-0.25, -0.2) is 9.97 Å². The number of pyridine rings is 2. The number of hydrogen-bond donors (Lipinski definition) is 0. The minimum atomic E-state index is -4.45. The normalized spacial score (nSPS) is 21.1. The molecule has 4 fully saturated rings.